The number of likely N-dealkylation sites (tertiary alicyclic amines) is 1. The van der Waals surface area contributed by atoms with Gasteiger partial charge in [-0.2, -0.15) is 0 Å². The Bertz CT molecular complexity index is 1090. The predicted molar refractivity (Wildman–Crippen MR) is 110 cm³/mol. The van der Waals surface area contributed by atoms with Gasteiger partial charge in [0, 0.05) is 19.5 Å². The lowest BCUT2D eigenvalue weighted by Gasteiger charge is -2.31. The minimum absolute atomic E-state index is 0.0469. The van der Waals surface area contributed by atoms with Crippen LogP contribution in [-0.4, -0.2) is 48.9 Å². The number of benzene rings is 2. The van der Waals surface area contributed by atoms with Gasteiger partial charge in [-0.1, -0.05) is 35.5 Å². The topological polar surface area (TPSA) is 79.7 Å². The number of fused-ring (bicyclic) bond motifs is 1. The average molecular weight is 386 g/mol. The Kier molecular flexibility index (Phi) is 4.56. The summed E-state index contributed by atoms with van der Waals surface area (Å²) in [4.78, 5) is 22.8. The Morgan fingerprint density at radius 2 is 1.79 bits per heavy atom. The van der Waals surface area contributed by atoms with Crippen molar-refractivity contribution in [3.63, 3.8) is 0 Å². The fourth-order valence-electron chi connectivity index (χ4n) is 3.95. The number of nitrogens with one attached hydrogen (secondary N) is 1. The number of aromatic amines is 1. The van der Waals surface area contributed by atoms with Crippen LogP contribution in [0.5, 0.6) is 0 Å². The average Bonchev–Trinajstić information content (AvgIpc) is 3.41. The first-order chi connectivity index (χ1) is 14.3. The summed E-state index contributed by atoms with van der Waals surface area (Å²) in [5, 5.41) is 8.19. The van der Waals surface area contributed by atoms with E-state index in [9.17, 15) is 4.79 Å². The molecule has 7 nitrogen and oxygen atoms in total. The van der Waals surface area contributed by atoms with Gasteiger partial charge < -0.3 is 9.88 Å². The molecular formula is C22H22N6O. The highest BCUT2D eigenvalue weighted by atomic mass is 16.2. The van der Waals surface area contributed by atoms with Crippen molar-refractivity contribution in [2.24, 2.45) is 5.92 Å². The quantitative estimate of drug-likeness (QED) is 0.584. The number of hydrogen-bond acceptors (Lipinski definition) is 4. The lowest BCUT2D eigenvalue weighted by molar-refractivity contribution is 0.0684. The van der Waals surface area contributed by atoms with E-state index in [-0.39, 0.29) is 5.91 Å². The molecule has 1 fully saturated rings. The van der Waals surface area contributed by atoms with E-state index >= 15 is 0 Å². The van der Waals surface area contributed by atoms with Crippen LogP contribution >= 0.6 is 0 Å². The summed E-state index contributed by atoms with van der Waals surface area (Å²) in [7, 11) is 0. The molecule has 1 N–H and O–H groups in total. The van der Waals surface area contributed by atoms with Gasteiger partial charge in [-0.15, -0.1) is 5.10 Å². The molecule has 3 heterocycles. The lowest BCUT2D eigenvalue weighted by atomic mass is 9.93. The van der Waals surface area contributed by atoms with E-state index in [1.165, 1.54) is 0 Å². The highest BCUT2D eigenvalue weighted by Crippen LogP contribution is 2.23. The second kappa shape index (κ2) is 7.50. The number of aromatic nitrogens is 5. The van der Waals surface area contributed by atoms with Crippen LogP contribution in [0, 0.1) is 5.92 Å². The van der Waals surface area contributed by atoms with E-state index in [0.717, 1.165) is 54.9 Å². The summed E-state index contributed by atoms with van der Waals surface area (Å²) in [6, 6.07) is 17.8. The standard InChI is InChI=1S/C22H22N6O/c29-22(20-15-28(26-25-20)17-6-2-1-3-7-17)27-12-10-16(11-13-27)14-21-23-18-8-4-5-9-19(18)24-21/h1-9,15-16H,10-14H2,(H,23,24). The molecule has 0 radical (unpaired) electrons. The summed E-state index contributed by atoms with van der Waals surface area (Å²) in [5.41, 5.74) is 3.38. The van der Waals surface area contributed by atoms with Crippen molar-refractivity contribution in [1.82, 2.24) is 29.9 Å². The van der Waals surface area contributed by atoms with Crippen LogP contribution in [0.2, 0.25) is 0 Å². The molecule has 0 saturated carbocycles. The molecule has 0 bridgehead atoms. The SMILES string of the molecule is O=C(c1cn(-c2ccccc2)nn1)N1CCC(Cc2nc3ccccc3[nH]2)CC1. The smallest absolute Gasteiger partial charge is 0.276 e. The number of imidazole rings is 1. The van der Waals surface area contributed by atoms with Crippen LogP contribution in [0.4, 0.5) is 0 Å². The third-order valence-corrected chi connectivity index (χ3v) is 5.56. The van der Waals surface area contributed by atoms with Crippen LogP contribution in [0.1, 0.15) is 29.2 Å². The molecule has 5 rings (SSSR count). The van der Waals surface area contributed by atoms with Crippen molar-refractivity contribution >= 4 is 16.9 Å². The summed E-state index contributed by atoms with van der Waals surface area (Å²) in [6.07, 6.45) is 4.56. The van der Waals surface area contributed by atoms with Crippen molar-refractivity contribution in [3.8, 4) is 5.69 Å². The molecule has 0 atom stereocenters. The Balaban J connectivity index is 1.20. The van der Waals surface area contributed by atoms with E-state index in [0.29, 0.717) is 11.6 Å². The first-order valence-electron chi connectivity index (χ1n) is 9.97. The number of amides is 1. The maximum Gasteiger partial charge on any atom is 0.276 e. The number of H-pyrrole nitrogens is 1. The third-order valence-electron chi connectivity index (χ3n) is 5.56. The predicted octanol–water partition coefficient (Wildman–Crippen LogP) is 3.24. The van der Waals surface area contributed by atoms with Gasteiger partial charge in [0.2, 0.25) is 0 Å². The van der Waals surface area contributed by atoms with Gasteiger partial charge in [0.25, 0.3) is 5.91 Å². The molecule has 2 aromatic heterocycles. The second-order valence-electron chi connectivity index (χ2n) is 7.52. The second-order valence-corrected chi connectivity index (χ2v) is 7.52. The highest BCUT2D eigenvalue weighted by molar-refractivity contribution is 5.92. The van der Waals surface area contributed by atoms with Crippen molar-refractivity contribution in [3.05, 3.63) is 72.3 Å². The lowest BCUT2D eigenvalue weighted by Crippen LogP contribution is -2.39. The Hall–Kier alpha value is -3.48. The molecule has 29 heavy (non-hydrogen) atoms. The van der Waals surface area contributed by atoms with Gasteiger partial charge in [-0.05, 0) is 43.0 Å². The molecule has 0 aliphatic carbocycles. The highest BCUT2D eigenvalue weighted by Gasteiger charge is 2.26. The summed E-state index contributed by atoms with van der Waals surface area (Å²) in [5.74, 6) is 1.51. The van der Waals surface area contributed by atoms with Crippen LogP contribution in [-0.2, 0) is 6.42 Å². The maximum absolute atomic E-state index is 12.8. The molecule has 2 aromatic carbocycles. The zero-order valence-electron chi connectivity index (χ0n) is 16.0. The molecule has 1 amide bonds. The third kappa shape index (κ3) is 3.63. The van der Waals surface area contributed by atoms with Crippen LogP contribution in [0.15, 0.2) is 60.8 Å². The van der Waals surface area contributed by atoms with E-state index in [1.54, 1.807) is 10.9 Å². The Morgan fingerprint density at radius 1 is 1.03 bits per heavy atom. The van der Waals surface area contributed by atoms with Gasteiger partial charge in [-0.3, -0.25) is 4.79 Å². The fourth-order valence-corrected chi connectivity index (χ4v) is 3.95. The first-order valence-corrected chi connectivity index (χ1v) is 9.97. The number of nitrogens with zero attached hydrogens (tertiary/aromatic N) is 5. The van der Waals surface area contributed by atoms with Gasteiger partial charge in [0.1, 0.15) is 5.82 Å². The molecule has 1 aliphatic heterocycles. The number of piperidine rings is 1. The molecule has 0 unspecified atom stereocenters. The summed E-state index contributed by atoms with van der Waals surface area (Å²) < 4.78 is 1.64. The molecule has 0 spiro atoms. The van der Waals surface area contributed by atoms with E-state index < -0.39 is 0 Å². The Morgan fingerprint density at radius 3 is 2.59 bits per heavy atom. The Labute approximate surface area is 168 Å². The monoisotopic (exact) mass is 386 g/mol. The molecule has 4 aromatic rings. The normalized spacial score (nSPS) is 15.1. The van der Waals surface area contributed by atoms with E-state index in [1.807, 2.05) is 53.4 Å². The molecular weight excluding hydrogens is 364 g/mol. The molecule has 1 aliphatic rings. The minimum atomic E-state index is -0.0469. The number of hydrogen-bond donors (Lipinski definition) is 1. The van der Waals surface area contributed by atoms with Crippen molar-refractivity contribution < 1.29 is 4.79 Å². The summed E-state index contributed by atoms with van der Waals surface area (Å²) in [6.45, 7) is 1.48. The van der Waals surface area contributed by atoms with Crippen LogP contribution < -0.4 is 0 Å². The molecule has 1 saturated heterocycles. The van der Waals surface area contributed by atoms with Gasteiger partial charge >= 0.3 is 0 Å². The van der Waals surface area contributed by atoms with Crippen LogP contribution in [0.25, 0.3) is 16.7 Å². The number of carbonyl (C=O) groups is 1. The number of rotatable bonds is 4. The van der Waals surface area contributed by atoms with Gasteiger partial charge in [-0.25, -0.2) is 9.67 Å². The van der Waals surface area contributed by atoms with Gasteiger partial charge in [0.15, 0.2) is 5.69 Å². The molecule has 7 heteroatoms. The molecule has 146 valence electrons. The van der Waals surface area contributed by atoms with Gasteiger partial charge in [0.05, 0.1) is 22.9 Å². The summed E-state index contributed by atoms with van der Waals surface area (Å²) >= 11 is 0. The number of carbonyl (C=O) groups excluding carboxylic acids is 1. The zero-order chi connectivity index (χ0) is 19.6. The fraction of sp³-hybridized carbons (Fsp3) is 0.273. The van der Waals surface area contributed by atoms with E-state index in [2.05, 4.69) is 26.3 Å². The maximum atomic E-state index is 12.8. The van der Waals surface area contributed by atoms with Crippen molar-refractivity contribution in [2.75, 3.05) is 13.1 Å². The zero-order valence-corrected chi connectivity index (χ0v) is 16.0. The minimum Gasteiger partial charge on any atom is -0.342 e. The van der Waals surface area contributed by atoms with Crippen molar-refractivity contribution in [1.29, 1.82) is 0 Å². The van der Waals surface area contributed by atoms with E-state index in [4.69, 9.17) is 0 Å². The van der Waals surface area contributed by atoms with Crippen molar-refractivity contribution in [2.45, 2.75) is 19.3 Å². The van der Waals surface area contributed by atoms with Crippen LogP contribution in [0.3, 0.4) is 0 Å². The largest absolute Gasteiger partial charge is 0.342 e. The number of para-hydroxylation sites is 3. The first kappa shape index (κ1) is 17.6.